The van der Waals surface area contributed by atoms with Gasteiger partial charge in [-0.2, -0.15) is 5.10 Å². The Bertz CT molecular complexity index is 991. The van der Waals surface area contributed by atoms with Gasteiger partial charge in [-0.15, -0.1) is 0 Å². The van der Waals surface area contributed by atoms with Crippen LogP contribution in [0.5, 0.6) is 0 Å². The molecule has 5 nitrogen and oxygen atoms in total. The van der Waals surface area contributed by atoms with Gasteiger partial charge in [0.25, 0.3) is 11.5 Å². The minimum absolute atomic E-state index is 0.299. The number of rotatable bonds is 4. The molecular formula is C21H21N3O2. The van der Waals surface area contributed by atoms with E-state index in [9.17, 15) is 9.59 Å². The minimum atomic E-state index is -1.15. The SMILES string of the molecule is Cc1ccccc1NC(=O)C(C)(C)n1nc(-c2ccccc2)ccc1=O. The first-order valence-electron chi connectivity index (χ1n) is 8.43. The van der Waals surface area contributed by atoms with Crippen molar-refractivity contribution in [1.82, 2.24) is 9.78 Å². The maximum Gasteiger partial charge on any atom is 0.267 e. The second-order valence-electron chi connectivity index (χ2n) is 6.66. The van der Waals surface area contributed by atoms with Gasteiger partial charge in [0.2, 0.25) is 0 Å². The molecule has 3 rings (SSSR count). The molecule has 0 fully saturated rings. The number of aryl methyl sites for hydroxylation is 1. The molecule has 0 aliphatic carbocycles. The topological polar surface area (TPSA) is 64.0 Å². The monoisotopic (exact) mass is 347 g/mol. The highest BCUT2D eigenvalue weighted by Gasteiger charge is 2.32. The average molecular weight is 347 g/mol. The van der Waals surface area contributed by atoms with E-state index in [4.69, 9.17) is 0 Å². The number of benzene rings is 2. The lowest BCUT2D eigenvalue weighted by molar-refractivity contribution is -0.123. The van der Waals surface area contributed by atoms with Crippen molar-refractivity contribution < 1.29 is 4.79 Å². The number of carbonyl (C=O) groups excluding carboxylic acids is 1. The summed E-state index contributed by atoms with van der Waals surface area (Å²) in [6.07, 6.45) is 0. The number of hydrogen-bond acceptors (Lipinski definition) is 3. The molecule has 0 spiro atoms. The zero-order valence-electron chi connectivity index (χ0n) is 15.1. The fraction of sp³-hybridized carbons (Fsp3) is 0.190. The molecular weight excluding hydrogens is 326 g/mol. The zero-order valence-corrected chi connectivity index (χ0v) is 15.1. The van der Waals surface area contributed by atoms with E-state index in [-0.39, 0.29) is 11.5 Å². The van der Waals surface area contributed by atoms with Crippen LogP contribution in [0.25, 0.3) is 11.3 Å². The molecule has 0 saturated carbocycles. The molecule has 3 aromatic rings. The molecule has 2 aromatic carbocycles. The van der Waals surface area contributed by atoms with E-state index in [0.717, 1.165) is 16.8 Å². The van der Waals surface area contributed by atoms with Crippen molar-refractivity contribution in [2.45, 2.75) is 26.3 Å². The van der Waals surface area contributed by atoms with E-state index in [2.05, 4.69) is 10.4 Å². The van der Waals surface area contributed by atoms with Crippen LogP contribution in [0.15, 0.2) is 71.5 Å². The Morgan fingerprint density at radius 3 is 2.31 bits per heavy atom. The summed E-state index contributed by atoms with van der Waals surface area (Å²) >= 11 is 0. The quantitative estimate of drug-likeness (QED) is 0.784. The number of nitrogens with zero attached hydrogens (tertiary/aromatic N) is 2. The highest BCUT2D eigenvalue weighted by Crippen LogP contribution is 2.20. The normalized spacial score (nSPS) is 11.2. The standard InChI is InChI=1S/C21H21N3O2/c1-15-9-7-8-12-17(15)22-20(26)21(2,3)24-19(25)14-13-18(23-24)16-10-5-4-6-11-16/h4-14H,1-3H3,(H,22,26). The number of amides is 1. The summed E-state index contributed by atoms with van der Waals surface area (Å²) in [6, 6.07) is 20.2. The zero-order chi connectivity index (χ0) is 18.7. The summed E-state index contributed by atoms with van der Waals surface area (Å²) < 4.78 is 1.24. The first-order valence-corrected chi connectivity index (χ1v) is 8.43. The molecule has 0 aliphatic heterocycles. The van der Waals surface area contributed by atoms with Crippen molar-refractivity contribution in [3.63, 3.8) is 0 Å². The summed E-state index contributed by atoms with van der Waals surface area (Å²) in [5.74, 6) is -0.299. The van der Waals surface area contributed by atoms with Crippen LogP contribution in [0.4, 0.5) is 5.69 Å². The van der Waals surface area contributed by atoms with Crippen LogP contribution in [-0.4, -0.2) is 15.7 Å². The third kappa shape index (κ3) is 3.42. The Morgan fingerprint density at radius 2 is 1.62 bits per heavy atom. The molecule has 26 heavy (non-hydrogen) atoms. The number of hydrogen-bond donors (Lipinski definition) is 1. The summed E-state index contributed by atoms with van der Waals surface area (Å²) in [5.41, 5.74) is 1.73. The van der Waals surface area contributed by atoms with Crippen LogP contribution in [0.3, 0.4) is 0 Å². The molecule has 5 heteroatoms. The van der Waals surface area contributed by atoms with Crippen LogP contribution >= 0.6 is 0 Å². The predicted octanol–water partition coefficient (Wildman–Crippen LogP) is 3.59. The number of nitrogens with one attached hydrogen (secondary N) is 1. The van der Waals surface area contributed by atoms with Gasteiger partial charge in [0.15, 0.2) is 0 Å². The Balaban J connectivity index is 1.97. The number of carbonyl (C=O) groups is 1. The highest BCUT2D eigenvalue weighted by atomic mass is 16.2. The molecule has 1 N–H and O–H groups in total. The first-order chi connectivity index (χ1) is 12.4. The van der Waals surface area contributed by atoms with Crippen molar-refractivity contribution >= 4 is 11.6 Å². The van der Waals surface area contributed by atoms with Gasteiger partial charge in [-0.3, -0.25) is 9.59 Å². The molecule has 0 radical (unpaired) electrons. The molecule has 1 heterocycles. The van der Waals surface area contributed by atoms with E-state index in [1.54, 1.807) is 19.9 Å². The van der Waals surface area contributed by atoms with Crippen LogP contribution in [0, 0.1) is 6.92 Å². The van der Waals surface area contributed by atoms with E-state index < -0.39 is 5.54 Å². The summed E-state index contributed by atoms with van der Waals surface area (Å²) in [6.45, 7) is 5.29. The van der Waals surface area contributed by atoms with Gasteiger partial charge in [-0.25, -0.2) is 4.68 Å². The second-order valence-corrected chi connectivity index (χ2v) is 6.66. The summed E-state index contributed by atoms with van der Waals surface area (Å²) in [7, 11) is 0. The van der Waals surface area contributed by atoms with Gasteiger partial charge in [-0.1, -0.05) is 48.5 Å². The van der Waals surface area contributed by atoms with Gasteiger partial charge < -0.3 is 5.32 Å². The molecule has 0 saturated heterocycles. The summed E-state index contributed by atoms with van der Waals surface area (Å²) in [4.78, 5) is 25.3. The van der Waals surface area contributed by atoms with E-state index in [1.807, 2.05) is 61.5 Å². The third-order valence-electron chi connectivity index (χ3n) is 4.35. The van der Waals surface area contributed by atoms with E-state index in [0.29, 0.717) is 5.69 Å². The van der Waals surface area contributed by atoms with Gasteiger partial charge in [0.1, 0.15) is 5.54 Å². The van der Waals surface area contributed by atoms with Gasteiger partial charge in [0.05, 0.1) is 5.69 Å². The van der Waals surface area contributed by atoms with Crippen molar-refractivity contribution in [3.8, 4) is 11.3 Å². The molecule has 0 aliphatic rings. The largest absolute Gasteiger partial charge is 0.324 e. The lowest BCUT2D eigenvalue weighted by atomic mass is 10.0. The molecule has 0 unspecified atom stereocenters. The average Bonchev–Trinajstić information content (AvgIpc) is 2.64. The summed E-state index contributed by atoms with van der Waals surface area (Å²) in [5, 5.41) is 7.34. The van der Waals surface area contributed by atoms with Crippen LogP contribution < -0.4 is 10.9 Å². The highest BCUT2D eigenvalue weighted by molar-refractivity contribution is 5.96. The number of anilines is 1. The van der Waals surface area contributed by atoms with Crippen molar-refractivity contribution in [1.29, 1.82) is 0 Å². The molecule has 0 bridgehead atoms. The van der Waals surface area contributed by atoms with Crippen LogP contribution in [-0.2, 0) is 10.3 Å². The second kappa shape index (κ2) is 6.96. The Kier molecular flexibility index (Phi) is 4.71. The smallest absolute Gasteiger partial charge is 0.267 e. The molecule has 132 valence electrons. The molecule has 1 amide bonds. The molecule has 1 aromatic heterocycles. The van der Waals surface area contributed by atoms with Crippen LogP contribution in [0.1, 0.15) is 19.4 Å². The van der Waals surface area contributed by atoms with Gasteiger partial charge in [-0.05, 0) is 38.5 Å². The first kappa shape index (κ1) is 17.6. The van der Waals surface area contributed by atoms with Crippen molar-refractivity contribution in [2.75, 3.05) is 5.32 Å². The fourth-order valence-corrected chi connectivity index (χ4v) is 2.66. The van der Waals surface area contributed by atoms with Crippen molar-refractivity contribution in [2.24, 2.45) is 0 Å². The Hall–Kier alpha value is -3.21. The fourth-order valence-electron chi connectivity index (χ4n) is 2.66. The predicted molar refractivity (Wildman–Crippen MR) is 103 cm³/mol. The Morgan fingerprint density at radius 1 is 0.962 bits per heavy atom. The van der Waals surface area contributed by atoms with Gasteiger partial charge >= 0.3 is 0 Å². The number of aromatic nitrogens is 2. The van der Waals surface area contributed by atoms with E-state index >= 15 is 0 Å². The van der Waals surface area contributed by atoms with Crippen molar-refractivity contribution in [3.05, 3.63) is 82.6 Å². The number of para-hydroxylation sites is 1. The lowest BCUT2D eigenvalue weighted by Gasteiger charge is -2.25. The third-order valence-corrected chi connectivity index (χ3v) is 4.35. The maximum absolute atomic E-state index is 12.9. The molecule has 0 atom stereocenters. The van der Waals surface area contributed by atoms with E-state index in [1.165, 1.54) is 10.7 Å². The lowest BCUT2D eigenvalue weighted by Crippen LogP contribution is -2.47. The Labute approximate surface area is 152 Å². The minimum Gasteiger partial charge on any atom is -0.324 e. The van der Waals surface area contributed by atoms with Gasteiger partial charge in [0, 0.05) is 17.3 Å². The maximum atomic E-state index is 12.9. The van der Waals surface area contributed by atoms with Crippen LogP contribution in [0.2, 0.25) is 0 Å².